The van der Waals surface area contributed by atoms with Gasteiger partial charge in [-0.3, -0.25) is 9.59 Å². The number of carboxylic acid groups (broad SMARTS) is 1. The maximum absolute atomic E-state index is 13.2. The Kier molecular flexibility index (Phi) is 3.83. The molecule has 2 N–H and O–H groups in total. The highest BCUT2D eigenvalue weighted by molar-refractivity contribution is 5.89. The van der Waals surface area contributed by atoms with E-state index in [0.717, 1.165) is 10.9 Å². The molecule has 1 aromatic heterocycles. The Morgan fingerprint density at radius 1 is 1.41 bits per heavy atom. The Labute approximate surface area is 126 Å². The zero-order valence-corrected chi connectivity index (χ0v) is 12.0. The molecule has 1 amide bonds. The number of aromatic nitrogens is 1. The highest BCUT2D eigenvalue weighted by atomic mass is 19.1. The van der Waals surface area contributed by atoms with Gasteiger partial charge in [0, 0.05) is 30.2 Å². The highest BCUT2D eigenvalue weighted by Gasteiger charge is 2.28. The molecule has 6 heteroatoms. The number of carboxylic acids is 1. The minimum Gasteiger partial charge on any atom is -0.481 e. The summed E-state index contributed by atoms with van der Waals surface area (Å²) in [7, 11) is 0. The van der Waals surface area contributed by atoms with Crippen LogP contribution in [0.2, 0.25) is 0 Å². The lowest BCUT2D eigenvalue weighted by Crippen LogP contribution is -2.42. The lowest BCUT2D eigenvalue weighted by atomic mass is 9.97. The SMILES string of the molecule is O=C(O)C1CCCN(C(=O)Cc2c[nH]c3cc(F)ccc23)C1. The molecule has 1 aliphatic rings. The number of H-pyrrole nitrogens is 1. The van der Waals surface area contributed by atoms with E-state index in [4.69, 9.17) is 5.11 Å². The summed E-state index contributed by atoms with van der Waals surface area (Å²) in [6.07, 6.45) is 3.23. The summed E-state index contributed by atoms with van der Waals surface area (Å²) in [4.78, 5) is 28.0. The number of hydrogen-bond acceptors (Lipinski definition) is 2. The molecule has 2 heterocycles. The summed E-state index contributed by atoms with van der Waals surface area (Å²) in [5, 5.41) is 9.90. The van der Waals surface area contributed by atoms with Crippen molar-refractivity contribution in [2.24, 2.45) is 5.92 Å². The van der Waals surface area contributed by atoms with E-state index in [9.17, 15) is 14.0 Å². The first kappa shape index (κ1) is 14.6. The predicted molar refractivity (Wildman–Crippen MR) is 78.9 cm³/mol. The monoisotopic (exact) mass is 304 g/mol. The van der Waals surface area contributed by atoms with E-state index in [-0.39, 0.29) is 24.7 Å². The first-order valence-electron chi connectivity index (χ1n) is 7.30. The maximum atomic E-state index is 13.2. The average molecular weight is 304 g/mol. The number of rotatable bonds is 3. The van der Waals surface area contributed by atoms with Crippen molar-refractivity contribution in [3.63, 3.8) is 0 Å². The zero-order valence-electron chi connectivity index (χ0n) is 12.0. The number of fused-ring (bicyclic) bond motifs is 1. The molecule has 1 unspecified atom stereocenters. The number of halogens is 1. The van der Waals surface area contributed by atoms with E-state index >= 15 is 0 Å². The molecular weight excluding hydrogens is 287 g/mol. The predicted octanol–water partition coefficient (Wildman–Crippen LogP) is 2.17. The van der Waals surface area contributed by atoms with Crippen molar-refractivity contribution in [3.8, 4) is 0 Å². The maximum Gasteiger partial charge on any atom is 0.308 e. The summed E-state index contributed by atoms with van der Waals surface area (Å²) in [6, 6.07) is 4.41. The number of nitrogens with zero attached hydrogens (tertiary/aromatic N) is 1. The van der Waals surface area contributed by atoms with Crippen LogP contribution in [0.15, 0.2) is 24.4 Å². The lowest BCUT2D eigenvalue weighted by Gasteiger charge is -2.30. The standard InChI is InChI=1S/C16H17FN2O3/c17-12-3-4-13-11(8-18-14(13)7-12)6-15(20)19-5-1-2-10(9-19)16(21)22/h3-4,7-8,10,18H,1-2,5-6,9H2,(H,21,22). The highest BCUT2D eigenvalue weighted by Crippen LogP contribution is 2.22. The lowest BCUT2D eigenvalue weighted by molar-refractivity contribution is -0.145. The summed E-state index contributed by atoms with van der Waals surface area (Å²) in [5.41, 5.74) is 1.46. The molecule has 0 bridgehead atoms. The first-order valence-corrected chi connectivity index (χ1v) is 7.30. The molecule has 116 valence electrons. The Hall–Kier alpha value is -2.37. The molecule has 22 heavy (non-hydrogen) atoms. The number of amides is 1. The summed E-state index contributed by atoms with van der Waals surface area (Å²) < 4.78 is 13.2. The van der Waals surface area contributed by atoms with Crippen molar-refractivity contribution in [1.29, 1.82) is 0 Å². The molecule has 0 spiro atoms. The van der Waals surface area contributed by atoms with E-state index < -0.39 is 11.9 Å². The molecular formula is C16H17FN2O3. The number of carbonyl (C=O) groups excluding carboxylic acids is 1. The molecule has 0 aliphatic carbocycles. The number of benzene rings is 1. The van der Waals surface area contributed by atoms with E-state index in [1.165, 1.54) is 12.1 Å². The Morgan fingerprint density at radius 3 is 3.00 bits per heavy atom. The van der Waals surface area contributed by atoms with Crippen molar-refractivity contribution in [3.05, 3.63) is 35.8 Å². The van der Waals surface area contributed by atoms with E-state index in [0.29, 0.717) is 24.9 Å². The number of piperidine rings is 1. The van der Waals surface area contributed by atoms with Crippen LogP contribution in [-0.4, -0.2) is 40.0 Å². The summed E-state index contributed by atoms with van der Waals surface area (Å²) in [6.45, 7) is 0.866. The molecule has 0 radical (unpaired) electrons. The third-order valence-corrected chi connectivity index (χ3v) is 4.19. The fraction of sp³-hybridized carbons (Fsp3) is 0.375. The molecule has 0 saturated carbocycles. The van der Waals surface area contributed by atoms with Crippen LogP contribution in [0, 0.1) is 11.7 Å². The Morgan fingerprint density at radius 2 is 2.23 bits per heavy atom. The number of aromatic amines is 1. The van der Waals surface area contributed by atoms with Crippen LogP contribution in [-0.2, 0) is 16.0 Å². The van der Waals surface area contributed by atoms with E-state index in [1.54, 1.807) is 17.2 Å². The van der Waals surface area contributed by atoms with Crippen LogP contribution in [0.1, 0.15) is 18.4 Å². The number of likely N-dealkylation sites (tertiary alicyclic amines) is 1. The first-order chi connectivity index (χ1) is 10.5. The van der Waals surface area contributed by atoms with Crippen molar-refractivity contribution in [1.82, 2.24) is 9.88 Å². The largest absolute Gasteiger partial charge is 0.481 e. The van der Waals surface area contributed by atoms with Gasteiger partial charge in [-0.05, 0) is 36.6 Å². The fourth-order valence-corrected chi connectivity index (χ4v) is 2.98. The van der Waals surface area contributed by atoms with E-state index in [1.807, 2.05) is 0 Å². The van der Waals surface area contributed by atoms with E-state index in [2.05, 4.69) is 4.98 Å². The number of nitrogens with one attached hydrogen (secondary N) is 1. The van der Waals surface area contributed by atoms with Crippen molar-refractivity contribution < 1.29 is 19.1 Å². The minimum atomic E-state index is -0.847. The molecule has 3 rings (SSSR count). The zero-order chi connectivity index (χ0) is 15.7. The van der Waals surface area contributed by atoms with Gasteiger partial charge in [-0.1, -0.05) is 0 Å². The number of carbonyl (C=O) groups is 2. The number of hydrogen-bond donors (Lipinski definition) is 2. The fourth-order valence-electron chi connectivity index (χ4n) is 2.98. The smallest absolute Gasteiger partial charge is 0.308 e. The molecule has 5 nitrogen and oxygen atoms in total. The van der Waals surface area contributed by atoms with Crippen molar-refractivity contribution >= 4 is 22.8 Å². The van der Waals surface area contributed by atoms with Gasteiger partial charge in [0.2, 0.25) is 5.91 Å². The quantitative estimate of drug-likeness (QED) is 0.912. The van der Waals surface area contributed by atoms with Gasteiger partial charge in [-0.25, -0.2) is 4.39 Å². The average Bonchev–Trinajstić information content (AvgIpc) is 2.89. The van der Waals surface area contributed by atoms with Gasteiger partial charge in [0.15, 0.2) is 0 Å². The van der Waals surface area contributed by atoms with Gasteiger partial charge >= 0.3 is 5.97 Å². The Bertz CT molecular complexity index is 725. The Balaban J connectivity index is 1.74. The second-order valence-corrected chi connectivity index (χ2v) is 5.70. The third kappa shape index (κ3) is 2.81. The van der Waals surface area contributed by atoms with Crippen molar-refractivity contribution in [2.75, 3.05) is 13.1 Å². The number of aliphatic carboxylic acids is 1. The van der Waals surface area contributed by atoms with Crippen LogP contribution >= 0.6 is 0 Å². The normalized spacial score (nSPS) is 18.6. The summed E-state index contributed by atoms with van der Waals surface area (Å²) >= 11 is 0. The molecule has 1 aliphatic heterocycles. The van der Waals surface area contributed by atoms with Crippen LogP contribution < -0.4 is 0 Å². The molecule has 1 aromatic carbocycles. The second kappa shape index (κ2) is 5.79. The molecule has 2 aromatic rings. The van der Waals surface area contributed by atoms with Crippen molar-refractivity contribution in [2.45, 2.75) is 19.3 Å². The van der Waals surface area contributed by atoms with Gasteiger partial charge in [-0.15, -0.1) is 0 Å². The van der Waals surface area contributed by atoms with Gasteiger partial charge in [-0.2, -0.15) is 0 Å². The van der Waals surface area contributed by atoms with Gasteiger partial charge < -0.3 is 15.0 Å². The van der Waals surface area contributed by atoms with Gasteiger partial charge in [0.1, 0.15) is 5.82 Å². The van der Waals surface area contributed by atoms with Gasteiger partial charge in [0.25, 0.3) is 0 Å². The van der Waals surface area contributed by atoms with Crippen LogP contribution in [0.5, 0.6) is 0 Å². The molecule has 1 fully saturated rings. The molecule has 1 saturated heterocycles. The van der Waals surface area contributed by atoms with Gasteiger partial charge in [0.05, 0.1) is 12.3 Å². The van der Waals surface area contributed by atoms with Crippen LogP contribution in [0.25, 0.3) is 10.9 Å². The second-order valence-electron chi connectivity index (χ2n) is 5.70. The summed E-state index contributed by atoms with van der Waals surface area (Å²) in [5.74, 6) is -1.74. The third-order valence-electron chi connectivity index (χ3n) is 4.19. The van der Waals surface area contributed by atoms with Crippen LogP contribution in [0.4, 0.5) is 4.39 Å². The van der Waals surface area contributed by atoms with Crippen LogP contribution in [0.3, 0.4) is 0 Å². The minimum absolute atomic E-state index is 0.0869. The topological polar surface area (TPSA) is 73.4 Å². The molecule has 1 atom stereocenters.